The fraction of sp³-hybridized carbons (Fsp3) is 0.450. The van der Waals surface area contributed by atoms with Gasteiger partial charge in [0.1, 0.15) is 0 Å². The molecule has 0 saturated carbocycles. The average Bonchev–Trinajstić information content (AvgIpc) is 3.11. The first kappa shape index (κ1) is 18.2. The van der Waals surface area contributed by atoms with Crippen LogP contribution in [0.4, 0.5) is 0 Å². The van der Waals surface area contributed by atoms with Gasteiger partial charge in [0.15, 0.2) is 11.5 Å². The van der Waals surface area contributed by atoms with E-state index in [2.05, 4.69) is 10.5 Å². The third kappa shape index (κ3) is 4.12. The van der Waals surface area contributed by atoms with Gasteiger partial charge in [-0.3, -0.25) is 9.59 Å². The van der Waals surface area contributed by atoms with E-state index in [9.17, 15) is 9.59 Å². The fourth-order valence-electron chi connectivity index (χ4n) is 3.14. The molecule has 0 unspecified atom stereocenters. The van der Waals surface area contributed by atoms with Gasteiger partial charge in [-0.1, -0.05) is 35.0 Å². The SMILES string of the molecule is Cc1ccc(-c2cc(C(=O)N3CCC(C(=O)NC(C)C)CC3)no2)cc1. The number of hydrogen-bond acceptors (Lipinski definition) is 4. The van der Waals surface area contributed by atoms with E-state index in [1.165, 1.54) is 0 Å². The molecule has 6 nitrogen and oxygen atoms in total. The van der Waals surface area contributed by atoms with Crippen LogP contribution < -0.4 is 5.32 Å². The molecular weight excluding hydrogens is 330 g/mol. The molecule has 1 aromatic heterocycles. The minimum Gasteiger partial charge on any atom is -0.355 e. The van der Waals surface area contributed by atoms with E-state index in [1.807, 2.05) is 45.0 Å². The highest BCUT2D eigenvalue weighted by molar-refractivity contribution is 5.93. The summed E-state index contributed by atoms with van der Waals surface area (Å²) in [4.78, 5) is 26.5. The van der Waals surface area contributed by atoms with Gasteiger partial charge in [-0.25, -0.2) is 0 Å². The van der Waals surface area contributed by atoms with Crippen LogP contribution in [0, 0.1) is 12.8 Å². The number of rotatable bonds is 4. The van der Waals surface area contributed by atoms with E-state index in [-0.39, 0.29) is 23.8 Å². The fourth-order valence-corrected chi connectivity index (χ4v) is 3.14. The van der Waals surface area contributed by atoms with Gasteiger partial charge >= 0.3 is 0 Å². The highest BCUT2D eigenvalue weighted by atomic mass is 16.5. The standard InChI is InChI=1S/C20H25N3O3/c1-13(2)21-19(24)16-8-10-23(11-9-16)20(25)17-12-18(26-22-17)15-6-4-14(3)5-7-15/h4-7,12-13,16H,8-11H2,1-3H3,(H,21,24). The molecule has 0 atom stereocenters. The number of amides is 2. The second kappa shape index (κ2) is 7.72. The Kier molecular flexibility index (Phi) is 5.40. The lowest BCUT2D eigenvalue weighted by molar-refractivity contribution is -0.126. The van der Waals surface area contributed by atoms with Crippen LogP contribution in [-0.2, 0) is 4.79 Å². The number of aryl methyl sites for hydroxylation is 1. The Hall–Kier alpha value is -2.63. The van der Waals surface area contributed by atoms with E-state index in [0.717, 1.165) is 11.1 Å². The molecule has 1 fully saturated rings. The van der Waals surface area contributed by atoms with Crippen molar-refractivity contribution in [2.24, 2.45) is 5.92 Å². The summed E-state index contributed by atoms with van der Waals surface area (Å²) in [5.41, 5.74) is 2.37. The van der Waals surface area contributed by atoms with Crippen molar-refractivity contribution in [1.29, 1.82) is 0 Å². The van der Waals surface area contributed by atoms with E-state index in [4.69, 9.17) is 4.52 Å². The molecule has 0 radical (unpaired) electrons. The van der Waals surface area contributed by atoms with Crippen molar-refractivity contribution in [2.45, 2.75) is 39.7 Å². The van der Waals surface area contributed by atoms with Crippen LogP contribution in [0.2, 0.25) is 0 Å². The first-order valence-electron chi connectivity index (χ1n) is 9.07. The van der Waals surface area contributed by atoms with Crippen molar-refractivity contribution in [1.82, 2.24) is 15.4 Å². The van der Waals surface area contributed by atoms with Crippen molar-refractivity contribution in [3.05, 3.63) is 41.6 Å². The largest absolute Gasteiger partial charge is 0.355 e. The van der Waals surface area contributed by atoms with E-state index >= 15 is 0 Å². The molecule has 0 bridgehead atoms. The molecule has 1 aliphatic rings. The third-order valence-corrected chi connectivity index (χ3v) is 4.65. The highest BCUT2D eigenvalue weighted by Gasteiger charge is 2.29. The summed E-state index contributed by atoms with van der Waals surface area (Å²) in [6.45, 7) is 7.03. The number of aromatic nitrogens is 1. The maximum absolute atomic E-state index is 12.7. The van der Waals surface area contributed by atoms with E-state index in [0.29, 0.717) is 37.4 Å². The number of likely N-dealkylation sites (tertiary alicyclic amines) is 1. The van der Waals surface area contributed by atoms with Crippen molar-refractivity contribution in [3.8, 4) is 11.3 Å². The number of nitrogens with zero attached hydrogens (tertiary/aromatic N) is 2. The average molecular weight is 355 g/mol. The smallest absolute Gasteiger partial charge is 0.276 e. The molecule has 26 heavy (non-hydrogen) atoms. The van der Waals surface area contributed by atoms with Crippen molar-refractivity contribution in [2.75, 3.05) is 13.1 Å². The predicted molar refractivity (Wildman–Crippen MR) is 98.6 cm³/mol. The number of carbonyl (C=O) groups is 2. The van der Waals surface area contributed by atoms with Crippen LogP contribution in [0.1, 0.15) is 42.7 Å². The van der Waals surface area contributed by atoms with Gasteiger partial charge in [0.25, 0.3) is 5.91 Å². The summed E-state index contributed by atoms with van der Waals surface area (Å²) in [6, 6.07) is 9.70. The summed E-state index contributed by atoms with van der Waals surface area (Å²) >= 11 is 0. The molecule has 6 heteroatoms. The van der Waals surface area contributed by atoms with E-state index in [1.54, 1.807) is 11.0 Å². The van der Waals surface area contributed by atoms with Crippen molar-refractivity contribution >= 4 is 11.8 Å². The topological polar surface area (TPSA) is 75.4 Å². The lowest BCUT2D eigenvalue weighted by Gasteiger charge is -2.31. The Morgan fingerprint density at radius 1 is 1.19 bits per heavy atom. The maximum Gasteiger partial charge on any atom is 0.276 e. The summed E-state index contributed by atoms with van der Waals surface area (Å²) in [5, 5.41) is 6.88. The number of nitrogens with one attached hydrogen (secondary N) is 1. The molecule has 0 aliphatic carbocycles. The summed E-state index contributed by atoms with van der Waals surface area (Å²) < 4.78 is 5.34. The Bertz CT molecular complexity index is 772. The summed E-state index contributed by atoms with van der Waals surface area (Å²) in [7, 11) is 0. The molecule has 1 aromatic carbocycles. The Labute approximate surface area is 153 Å². The molecule has 3 rings (SSSR count). The first-order valence-corrected chi connectivity index (χ1v) is 9.07. The van der Waals surface area contributed by atoms with Crippen LogP contribution in [0.15, 0.2) is 34.9 Å². The summed E-state index contributed by atoms with van der Waals surface area (Å²) in [5.74, 6) is 0.492. The van der Waals surface area contributed by atoms with Crippen LogP contribution in [0.5, 0.6) is 0 Å². The number of piperidine rings is 1. The lowest BCUT2D eigenvalue weighted by atomic mass is 9.95. The molecule has 0 spiro atoms. The van der Waals surface area contributed by atoms with Gasteiger partial charge in [-0.15, -0.1) is 0 Å². The first-order chi connectivity index (χ1) is 12.4. The normalized spacial score (nSPS) is 15.3. The third-order valence-electron chi connectivity index (χ3n) is 4.65. The molecule has 138 valence electrons. The molecule has 2 amide bonds. The molecule has 1 saturated heterocycles. The lowest BCUT2D eigenvalue weighted by Crippen LogP contribution is -2.44. The Morgan fingerprint density at radius 3 is 2.46 bits per heavy atom. The van der Waals surface area contributed by atoms with Crippen LogP contribution >= 0.6 is 0 Å². The second-order valence-corrected chi connectivity index (χ2v) is 7.17. The molecule has 2 aromatic rings. The van der Waals surface area contributed by atoms with Crippen molar-refractivity contribution in [3.63, 3.8) is 0 Å². The molecule has 1 N–H and O–H groups in total. The van der Waals surface area contributed by atoms with Gasteiger partial charge in [-0.2, -0.15) is 0 Å². The number of benzene rings is 1. The van der Waals surface area contributed by atoms with Gasteiger partial charge < -0.3 is 14.7 Å². The minimum atomic E-state index is -0.144. The summed E-state index contributed by atoms with van der Waals surface area (Å²) in [6.07, 6.45) is 1.35. The van der Waals surface area contributed by atoms with Gasteiger partial charge in [0, 0.05) is 36.7 Å². The second-order valence-electron chi connectivity index (χ2n) is 7.17. The number of hydrogen-bond donors (Lipinski definition) is 1. The molecule has 2 heterocycles. The van der Waals surface area contributed by atoms with Crippen LogP contribution in [-0.4, -0.2) is 41.0 Å². The molecular formula is C20H25N3O3. The van der Waals surface area contributed by atoms with Crippen LogP contribution in [0.25, 0.3) is 11.3 Å². The maximum atomic E-state index is 12.7. The van der Waals surface area contributed by atoms with Crippen LogP contribution in [0.3, 0.4) is 0 Å². The number of carbonyl (C=O) groups excluding carboxylic acids is 2. The Balaban J connectivity index is 1.61. The Morgan fingerprint density at radius 2 is 1.85 bits per heavy atom. The van der Waals surface area contributed by atoms with Crippen molar-refractivity contribution < 1.29 is 14.1 Å². The highest BCUT2D eigenvalue weighted by Crippen LogP contribution is 2.23. The van der Waals surface area contributed by atoms with Gasteiger partial charge in [0.2, 0.25) is 5.91 Å². The monoisotopic (exact) mass is 355 g/mol. The van der Waals surface area contributed by atoms with Gasteiger partial charge in [-0.05, 0) is 33.6 Å². The van der Waals surface area contributed by atoms with E-state index < -0.39 is 0 Å². The molecule has 1 aliphatic heterocycles. The predicted octanol–water partition coefficient (Wildman–Crippen LogP) is 3.03. The zero-order valence-corrected chi connectivity index (χ0v) is 15.5. The zero-order chi connectivity index (χ0) is 18.7. The quantitative estimate of drug-likeness (QED) is 0.915. The zero-order valence-electron chi connectivity index (χ0n) is 15.5. The minimum absolute atomic E-state index is 0.0260. The van der Waals surface area contributed by atoms with Gasteiger partial charge in [0.05, 0.1) is 0 Å².